The van der Waals surface area contributed by atoms with Crippen molar-refractivity contribution in [3.63, 3.8) is 0 Å². The van der Waals surface area contributed by atoms with Crippen LogP contribution in [0.5, 0.6) is 0 Å². The Morgan fingerprint density at radius 1 is 1.22 bits per heavy atom. The van der Waals surface area contributed by atoms with Gasteiger partial charge in [0.15, 0.2) is 0 Å². The van der Waals surface area contributed by atoms with E-state index in [1.165, 1.54) is 5.56 Å². The summed E-state index contributed by atoms with van der Waals surface area (Å²) in [6, 6.07) is 4.18. The van der Waals surface area contributed by atoms with Gasteiger partial charge in [-0.15, -0.1) is 0 Å². The lowest BCUT2D eigenvalue weighted by molar-refractivity contribution is -0.132. The zero-order valence-electron chi connectivity index (χ0n) is 14.0. The van der Waals surface area contributed by atoms with Crippen LogP contribution in [0.15, 0.2) is 24.5 Å². The average Bonchev–Trinajstić information content (AvgIpc) is 2.74. The molecule has 0 saturated carbocycles. The second-order valence-corrected chi connectivity index (χ2v) is 6.75. The molecule has 1 atom stereocenters. The second-order valence-electron chi connectivity index (χ2n) is 6.75. The third-order valence-electron chi connectivity index (χ3n) is 5.36. The molecule has 2 aliphatic rings. The average molecular weight is 317 g/mol. The van der Waals surface area contributed by atoms with E-state index in [-0.39, 0.29) is 5.54 Å². The molecule has 1 aromatic rings. The number of hydrogen-bond acceptors (Lipinski definition) is 4. The van der Waals surface area contributed by atoms with Gasteiger partial charge >= 0.3 is 0 Å². The summed E-state index contributed by atoms with van der Waals surface area (Å²) in [7, 11) is 1.71. The Hall–Kier alpha value is -1.46. The summed E-state index contributed by atoms with van der Waals surface area (Å²) >= 11 is 0. The molecule has 1 aromatic heterocycles. The number of pyridine rings is 1. The number of carbonyl (C=O) groups excluding carboxylic acids is 1. The number of nitrogens with zero attached hydrogens (tertiary/aromatic N) is 3. The number of rotatable bonds is 5. The molecule has 2 aliphatic heterocycles. The predicted molar refractivity (Wildman–Crippen MR) is 88.9 cm³/mol. The van der Waals surface area contributed by atoms with E-state index in [9.17, 15) is 4.79 Å². The zero-order valence-corrected chi connectivity index (χ0v) is 14.0. The summed E-state index contributed by atoms with van der Waals surface area (Å²) in [5.74, 6) is 0.310. The Bertz CT molecular complexity index is 522. The minimum Gasteiger partial charge on any atom is -0.383 e. The van der Waals surface area contributed by atoms with Gasteiger partial charge < -0.3 is 9.64 Å². The first kappa shape index (κ1) is 16.4. The van der Waals surface area contributed by atoms with E-state index in [2.05, 4.69) is 26.9 Å². The van der Waals surface area contributed by atoms with E-state index in [1.54, 1.807) is 7.11 Å². The molecule has 3 rings (SSSR count). The molecule has 0 N–H and O–H groups in total. The highest BCUT2D eigenvalue weighted by molar-refractivity contribution is 5.79. The zero-order chi connectivity index (χ0) is 16.1. The van der Waals surface area contributed by atoms with Gasteiger partial charge in [-0.2, -0.15) is 0 Å². The fraction of sp³-hybridized carbons (Fsp3) is 0.667. The van der Waals surface area contributed by atoms with Gasteiger partial charge in [-0.05, 0) is 49.9 Å². The highest BCUT2D eigenvalue weighted by atomic mass is 16.5. The lowest BCUT2D eigenvalue weighted by Gasteiger charge is -2.38. The first-order valence-electron chi connectivity index (χ1n) is 8.64. The maximum absolute atomic E-state index is 12.3. The largest absolute Gasteiger partial charge is 0.383 e. The van der Waals surface area contributed by atoms with Gasteiger partial charge in [0.2, 0.25) is 5.91 Å². The fourth-order valence-electron chi connectivity index (χ4n) is 4.08. The molecule has 2 fully saturated rings. The molecule has 1 spiro atoms. The molecule has 0 radical (unpaired) electrons. The SMILES string of the molecule is COCCN1C(=O)CC[C@]12CCCN(Cc1ccncc1)CC2. The summed E-state index contributed by atoms with van der Waals surface area (Å²) in [5, 5.41) is 0. The third-order valence-corrected chi connectivity index (χ3v) is 5.36. The molecular weight excluding hydrogens is 290 g/mol. The standard InChI is InChI=1S/C18H27N3O2/c1-23-14-13-21-17(22)3-7-18(21)6-2-11-20(12-8-18)15-16-4-9-19-10-5-16/h4-5,9-10H,2-3,6-8,11-15H2,1H3/t18-/m0/s1. The molecule has 1 amide bonds. The summed E-state index contributed by atoms with van der Waals surface area (Å²) in [6.07, 6.45) is 8.78. The number of aromatic nitrogens is 1. The van der Waals surface area contributed by atoms with Gasteiger partial charge in [0.25, 0.3) is 0 Å². The molecule has 5 nitrogen and oxygen atoms in total. The van der Waals surface area contributed by atoms with Crippen molar-refractivity contribution < 1.29 is 9.53 Å². The molecule has 126 valence electrons. The van der Waals surface area contributed by atoms with Crippen LogP contribution in [0, 0.1) is 0 Å². The van der Waals surface area contributed by atoms with Crippen LogP contribution in [0.1, 0.15) is 37.7 Å². The van der Waals surface area contributed by atoms with Crippen molar-refractivity contribution in [2.24, 2.45) is 0 Å². The van der Waals surface area contributed by atoms with Gasteiger partial charge in [-0.1, -0.05) is 0 Å². The normalized spacial score (nSPS) is 26.0. The van der Waals surface area contributed by atoms with Crippen LogP contribution >= 0.6 is 0 Å². The molecule has 0 bridgehead atoms. The molecular formula is C18H27N3O2. The third kappa shape index (κ3) is 3.72. The smallest absolute Gasteiger partial charge is 0.223 e. The van der Waals surface area contributed by atoms with Crippen LogP contribution in [0.25, 0.3) is 0 Å². The van der Waals surface area contributed by atoms with E-state index < -0.39 is 0 Å². The Balaban J connectivity index is 1.64. The van der Waals surface area contributed by atoms with Crippen molar-refractivity contribution in [2.45, 2.75) is 44.2 Å². The first-order chi connectivity index (χ1) is 11.2. The number of amides is 1. The van der Waals surface area contributed by atoms with Crippen molar-refractivity contribution in [1.29, 1.82) is 0 Å². The van der Waals surface area contributed by atoms with Crippen molar-refractivity contribution in [2.75, 3.05) is 33.4 Å². The van der Waals surface area contributed by atoms with Crippen molar-refractivity contribution in [3.05, 3.63) is 30.1 Å². The molecule has 0 aromatic carbocycles. The van der Waals surface area contributed by atoms with Crippen molar-refractivity contribution in [3.8, 4) is 0 Å². The maximum atomic E-state index is 12.3. The van der Waals surface area contributed by atoms with Gasteiger partial charge in [-0.25, -0.2) is 0 Å². The Kier molecular flexibility index (Phi) is 5.28. The Labute approximate surface area is 138 Å². The minimum atomic E-state index is 0.0720. The number of likely N-dealkylation sites (tertiary alicyclic amines) is 2. The molecule has 3 heterocycles. The lowest BCUT2D eigenvalue weighted by atomic mass is 9.88. The van der Waals surface area contributed by atoms with Gasteiger partial charge in [-0.3, -0.25) is 14.7 Å². The predicted octanol–water partition coefficient (Wildman–Crippen LogP) is 2.08. The number of hydrogen-bond donors (Lipinski definition) is 0. The fourth-order valence-corrected chi connectivity index (χ4v) is 4.08. The quantitative estimate of drug-likeness (QED) is 0.834. The van der Waals surface area contributed by atoms with Crippen LogP contribution in [0.3, 0.4) is 0 Å². The highest BCUT2D eigenvalue weighted by Gasteiger charge is 2.45. The van der Waals surface area contributed by atoms with E-state index >= 15 is 0 Å². The summed E-state index contributed by atoms with van der Waals surface area (Å²) in [4.78, 5) is 21.0. The van der Waals surface area contributed by atoms with Crippen LogP contribution < -0.4 is 0 Å². The molecule has 0 unspecified atom stereocenters. The highest BCUT2D eigenvalue weighted by Crippen LogP contribution is 2.39. The van der Waals surface area contributed by atoms with Gasteiger partial charge in [0.05, 0.1) is 6.61 Å². The molecule has 2 saturated heterocycles. The monoisotopic (exact) mass is 317 g/mol. The van der Waals surface area contributed by atoms with Crippen LogP contribution in [-0.4, -0.2) is 59.6 Å². The topological polar surface area (TPSA) is 45.7 Å². The number of ether oxygens (including phenoxy) is 1. The number of carbonyl (C=O) groups is 1. The number of methoxy groups -OCH3 is 1. The van der Waals surface area contributed by atoms with Crippen molar-refractivity contribution >= 4 is 5.91 Å². The summed E-state index contributed by atoms with van der Waals surface area (Å²) in [6.45, 7) is 4.51. The van der Waals surface area contributed by atoms with Crippen LogP contribution in [0.4, 0.5) is 0 Å². The van der Waals surface area contributed by atoms with E-state index in [0.29, 0.717) is 18.9 Å². The summed E-state index contributed by atoms with van der Waals surface area (Å²) < 4.78 is 5.21. The van der Waals surface area contributed by atoms with Gasteiger partial charge in [0.1, 0.15) is 0 Å². The van der Waals surface area contributed by atoms with Crippen LogP contribution in [-0.2, 0) is 16.1 Å². The maximum Gasteiger partial charge on any atom is 0.223 e. The van der Waals surface area contributed by atoms with Gasteiger partial charge in [0, 0.05) is 51.1 Å². The lowest BCUT2D eigenvalue weighted by Crippen LogP contribution is -2.47. The first-order valence-corrected chi connectivity index (χ1v) is 8.64. The van der Waals surface area contributed by atoms with Crippen molar-refractivity contribution in [1.82, 2.24) is 14.8 Å². The minimum absolute atomic E-state index is 0.0720. The van der Waals surface area contributed by atoms with E-state index in [1.807, 2.05) is 12.4 Å². The summed E-state index contributed by atoms with van der Waals surface area (Å²) in [5.41, 5.74) is 1.39. The molecule has 0 aliphatic carbocycles. The molecule has 23 heavy (non-hydrogen) atoms. The Morgan fingerprint density at radius 2 is 2.04 bits per heavy atom. The van der Waals surface area contributed by atoms with E-state index in [0.717, 1.165) is 51.9 Å². The Morgan fingerprint density at radius 3 is 2.83 bits per heavy atom. The van der Waals surface area contributed by atoms with Crippen LogP contribution in [0.2, 0.25) is 0 Å². The van der Waals surface area contributed by atoms with E-state index in [4.69, 9.17) is 4.74 Å². The second kappa shape index (κ2) is 7.41. The molecule has 5 heteroatoms.